The Labute approximate surface area is 127 Å². The zero-order valence-electron chi connectivity index (χ0n) is 11.3. The zero-order chi connectivity index (χ0) is 14.8. The van der Waals surface area contributed by atoms with Crippen LogP contribution in [0.25, 0.3) is 0 Å². The molecular formula is C15H16ClNO2S. The summed E-state index contributed by atoms with van der Waals surface area (Å²) >= 11 is 7.83. The zero-order valence-corrected chi connectivity index (χ0v) is 12.9. The fourth-order valence-electron chi connectivity index (χ4n) is 1.86. The molecule has 0 spiro atoms. The van der Waals surface area contributed by atoms with Gasteiger partial charge in [-0.3, -0.25) is 0 Å². The van der Waals surface area contributed by atoms with E-state index in [4.69, 9.17) is 16.7 Å². The molecule has 0 saturated carbocycles. The molecule has 1 heterocycles. The molecule has 1 aromatic heterocycles. The van der Waals surface area contributed by atoms with Crippen LogP contribution in [0, 0.1) is 0 Å². The summed E-state index contributed by atoms with van der Waals surface area (Å²) in [5, 5.41) is 14.7. The fourth-order valence-corrected chi connectivity index (χ4v) is 2.96. The first kappa shape index (κ1) is 14.9. The minimum absolute atomic E-state index is 0.0109. The van der Waals surface area contributed by atoms with Gasteiger partial charge in [0, 0.05) is 16.8 Å². The third-order valence-electron chi connectivity index (χ3n) is 3.13. The first-order valence-corrected chi connectivity index (χ1v) is 7.46. The number of anilines is 1. The van der Waals surface area contributed by atoms with Crippen LogP contribution in [-0.4, -0.2) is 17.6 Å². The van der Waals surface area contributed by atoms with Gasteiger partial charge in [0.1, 0.15) is 0 Å². The maximum atomic E-state index is 10.9. The summed E-state index contributed by atoms with van der Waals surface area (Å²) in [6, 6.07) is 8.87. The number of hydrogen-bond acceptors (Lipinski definition) is 3. The first-order valence-electron chi connectivity index (χ1n) is 6.21. The molecular weight excluding hydrogens is 294 g/mol. The van der Waals surface area contributed by atoms with E-state index in [9.17, 15) is 4.79 Å². The Morgan fingerprint density at radius 1 is 1.40 bits per heavy atom. The van der Waals surface area contributed by atoms with Crippen LogP contribution in [0.1, 0.15) is 29.1 Å². The summed E-state index contributed by atoms with van der Waals surface area (Å²) in [5.41, 5.74) is 0.933. The van der Waals surface area contributed by atoms with E-state index in [1.54, 1.807) is 23.5 Å². The lowest BCUT2D eigenvalue weighted by Crippen LogP contribution is -2.26. The Morgan fingerprint density at radius 3 is 2.70 bits per heavy atom. The molecule has 0 unspecified atom stereocenters. The number of aromatic carboxylic acids is 1. The van der Waals surface area contributed by atoms with E-state index in [0.717, 1.165) is 12.2 Å². The third-order valence-corrected chi connectivity index (χ3v) is 4.67. The van der Waals surface area contributed by atoms with Gasteiger partial charge < -0.3 is 10.4 Å². The molecule has 3 nitrogen and oxygen atoms in total. The van der Waals surface area contributed by atoms with Crippen LogP contribution in [0.5, 0.6) is 0 Å². The summed E-state index contributed by atoms with van der Waals surface area (Å²) in [5.74, 6) is -0.975. The highest BCUT2D eigenvalue weighted by Gasteiger charge is 2.21. The normalized spacial score (nSPS) is 11.3. The van der Waals surface area contributed by atoms with Gasteiger partial charge in [-0.2, -0.15) is 0 Å². The van der Waals surface area contributed by atoms with Crippen LogP contribution >= 0.6 is 22.9 Å². The molecule has 0 atom stereocenters. The van der Waals surface area contributed by atoms with Crippen molar-refractivity contribution in [2.24, 2.45) is 0 Å². The molecule has 5 heteroatoms. The largest absolute Gasteiger partial charge is 0.478 e. The third kappa shape index (κ3) is 3.32. The van der Waals surface area contributed by atoms with Crippen LogP contribution in [0.2, 0.25) is 5.02 Å². The molecule has 20 heavy (non-hydrogen) atoms. The average Bonchev–Trinajstić information content (AvgIpc) is 2.91. The van der Waals surface area contributed by atoms with Gasteiger partial charge in [-0.05, 0) is 29.6 Å². The molecule has 2 rings (SSSR count). The van der Waals surface area contributed by atoms with Gasteiger partial charge in [0.25, 0.3) is 0 Å². The van der Waals surface area contributed by atoms with Crippen molar-refractivity contribution in [2.45, 2.75) is 19.3 Å². The number of carboxylic acids is 1. The highest BCUT2D eigenvalue weighted by atomic mass is 35.5. The SMILES string of the molecule is CC(C)(CNc1ccc(C(=O)O)cc1Cl)c1cccs1. The van der Waals surface area contributed by atoms with Gasteiger partial charge in [-0.15, -0.1) is 11.3 Å². The minimum atomic E-state index is -0.975. The van der Waals surface area contributed by atoms with Crippen molar-refractivity contribution < 1.29 is 9.90 Å². The van der Waals surface area contributed by atoms with Gasteiger partial charge in [0.15, 0.2) is 0 Å². The standard InChI is InChI=1S/C15H16ClNO2S/c1-15(2,13-4-3-7-20-13)9-17-12-6-5-10(14(18)19)8-11(12)16/h3-8,17H,9H2,1-2H3,(H,18,19). The van der Waals surface area contributed by atoms with Crippen molar-refractivity contribution in [2.75, 3.05) is 11.9 Å². The van der Waals surface area contributed by atoms with E-state index in [0.29, 0.717) is 5.02 Å². The molecule has 0 aliphatic heterocycles. The highest BCUT2D eigenvalue weighted by Crippen LogP contribution is 2.29. The van der Waals surface area contributed by atoms with E-state index in [-0.39, 0.29) is 11.0 Å². The van der Waals surface area contributed by atoms with Crippen molar-refractivity contribution in [1.82, 2.24) is 0 Å². The lowest BCUT2D eigenvalue weighted by Gasteiger charge is -2.24. The molecule has 0 amide bonds. The molecule has 2 aromatic rings. The molecule has 0 bridgehead atoms. The molecule has 0 fully saturated rings. The van der Waals surface area contributed by atoms with Crippen molar-refractivity contribution in [3.8, 4) is 0 Å². The predicted molar refractivity (Wildman–Crippen MR) is 84.2 cm³/mol. The van der Waals surface area contributed by atoms with E-state index in [1.165, 1.54) is 10.9 Å². The van der Waals surface area contributed by atoms with Gasteiger partial charge in [0.05, 0.1) is 16.3 Å². The van der Waals surface area contributed by atoms with E-state index in [2.05, 4.69) is 30.6 Å². The number of halogens is 1. The smallest absolute Gasteiger partial charge is 0.335 e. The molecule has 2 N–H and O–H groups in total. The number of carboxylic acid groups (broad SMARTS) is 1. The molecule has 0 aliphatic rings. The molecule has 0 radical (unpaired) electrons. The Hall–Kier alpha value is -1.52. The second-order valence-corrected chi connectivity index (χ2v) is 6.57. The van der Waals surface area contributed by atoms with E-state index < -0.39 is 5.97 Å². The number of carbonyl (C=O) groups is 1. The summed E-state index contributed by atoms with van der Waals surface area (Å²) < 4.78 is 0. The Kier molecular flexibility index (Phi) is 4.35. The lowest BCUT2D eigenvalue weighted by atomic mass is 9.91. The lowest BCUT2D eigenvalue weighted by molar-refractivity contribution is 0.0697. The Balaban J connectivity index is 2.10. The number of nitrogens with one attached hydrogen (secondary N) is 1. The molecule has 106 valence electrons. The summed E-state index contributed by atoms with van der Waals surface area (Å²) in [4.78, 5) is 12.2. The number of thiophene rings is 1. The average molecular weight is 310 g/mol. The van der Waals surface area contributed by atoms with Crippen LogP contribution in [0.15, 0.2) is 35.7 Å². The highest BCUT2D eigenvalue weighted by molar-refractivity contribution is 7.10. The number of benzene rings is 1. The maximum absolute atomic E-state index is 10.9. The number of rotatable bonds is 5. The van der Waals surface area contributed by atoms with Crippen LogP contribution in [0.4, 0.5) is 5.69 Å². The van der Waals surface area contributed by atoms with Crippen molar-refractivity contribution >= 4 is 34.6 Å². The second-order valence-electron chi connectivity index (χ2n) is 5.21. The summed E-state index contributed by atoms with van der Waals surface area (Å²) in [6.07, 6.45) is 0. The Morgan fingerprint density at radius 2 is 2.15 bits per heavy atom. The monoisotopic (exact) mass is 309 g/mol. The first-order chi connectivity index (χ1) is 9.40. The predicted octanol–water partition coefficient (Wildman–Crippen LogP) is 4.49. The van der Waals surface area contributed by atoms with Gasteiger partial charge in [-0.1, -0.05) is 31.5 Å². The molecule has 0 aliphatic carbocycles. The maximum Gasteiger partial charge on any atom is 0.335 e. The van der Waals surface area contributed by atoms with Crippen molar-refractivity contribution in [1.29, 1.82) is 0 Å². The van der Waals surface area contributed by atoms with Gasteiger partial charge >= 0.3 is 5.97 Å². The van der Waals surface area contributed by atoms with Crippen molar-refractivity contribution in [3.05, 3.63) is 51.2 Å². The van der Waals surface area contributed by atoms with E-state index >= 15 is 0 Å². The molecule has 1 aromatic carbocycles. The van der Waals surface area contributed by atoms with Gasteiger partial charge in [-0.25, -0.2) is 4.79 Å². The van der Waals surface area contributed by atoms with Crippen LogP contribution in [-0.2, 0) is 5.41 Å². The Bertz CT molecular complexity index is 608. The quantitative estimate of drug-likeness (QED) is 0.855. The van der Waals surface area contributed by atoms with E-state index in [1.807, 2.05) is 6.07 Å². The van der Waals surface area contributed by atoms with Crippen LogP contribution < -0.4 is 5.32 Å². The molecule has 0 saturated heterocycles. The summed E-state index contributed by atoms with van der Waals surface area (Å²) in [7, 11) is 0. The minimum Gasteiger partial charge on any atom is -0.478 e. The van der Waals surface area contributed by atoms with Crippen molar-refractivity contribution in [3.63, 3.8) is 0 Å². The van der Waals surface area contributed by atoms with Crippen LogP contribution in [0.3, 0.4) is 0 Å². The number of hydrogen-bond donors (Lipinski definition) is 2. The summed E-state index contributed by atoms with van der Waals surface area (Å²) in [6.45, 7) is 5.04. The van der Waals surface area contributed by atoms with Gasteiger partial charge in [0.2, 0.25) is 0 Å². The second kappa shape index (κ2) is 5.85. The topological polar surface area (TPSA) is 49.3 Å². The fraction of sp³-hybridized carbons (Fsp3) is 0.267.